The third-order valence-electron chi connectivity index (χ3n) is 6.99. The minimum absolute atomic E-state index is 0.269. The lowest BCUT2D eigenvalue weighted by molar-refractivity contribution is -0.146. The number of carbonyl (C=O) groups excluding carboxylic acids is 2. The van der Waals surface area contributed by atoms with Crippen LogP contribution in [0.4, 0.5) is 0 Å². The summed E-state index contributed by atoms with van der Waals surface area (Å²) in [6.07, 6.45) is 21.3. The van der Waals surface area contributed by atoms with Crippen molar-refractivity contribution in [1.29, 1.82) is 0 Å². The summed E-state index contributed by atoms with van der Waals surface area (Å²) in [7, 11) is 0. The van der Waals surface area contributed by atoms with Crippen LogP contribution in [0.2, 0.25) is 0 Å². The Morgan fingerprint density at radius 1 is 0.425 bits per heavy atom. The molecular weight excluding hydrogens is 516 g/mol. The fourth-order valence-electron chi connectivity index (χ4n) is 4.65. The van der Waals surface area contributed by atoms with Crippen molar-refractivity contribution >= 4 is 11.9 Å². The predicted octanol–water partition coefficient (Wildman–Crippen LogP) is 6.52. The maximum absolute atomic E-state index is 11.8. The molecule has 2 aromatic heterocycles. The molecule has 226 valence electrons. The second kappa shape index (κ2) is 19.7. The molecule has 0 aliphatic heterocycles. The lowest BCUT2D eigenvalue weighted by Crippen LogP contribution is -2.18. The lowest BCUT2D eigenvalue weighted by atomic mass is 10.0. The number of hydrogen-bond donors (Lipinski definition) is 4. The molecule has 0 aliphatic carbocycles. The average Bonchev–Trinajstić information content (AvgIpc) is 3.42. The van der Waals surface area contributed by atoms with Crippen LogP contribution < -0.4 is 9.68 Å². The smallest absolute Gasteiger partial charge is 0.333 e. The van der Waals surface area contributed by atoms with E-state index in [1.54, 1.807) is 0 Å². The van der Waals surface area contributed by atoms with E-state index in [4.69, 9.17) is 9.68 Å². The molecule has 0 aliphatic rings. The monoisotopic (exact) mass is 564 g/mol. The summed E-state index contributed by atoms with van der Waals surface area (Å²) in [5.41, 5.74) is 0. The predicted molar refractivity (Wildman–Crippen MR) is 151 cm³/mol. The van der Waals surface area contributed by atoms with Gasteiger partial charge >= 0.3 is 11.9 Å². The molecule has 0 radical (unpaired) electrons. The molecule has 2 aromatic rings. The van der Waals surface area contributed by atoms with Crippen LogP contribution in [0.3, 0.4) is 0 Å². The molecule has 2 heterocycles. The number of hydrogen-bond acceptors (Lipinski definition) is 8. The zero-order chi connectivity index (χ0) is 29.0. The van der Waals surface area contributed by atoms with Crippen molar-refractivity contribution in [3.05, 3.63) is 24.3 Å². The normalized spacial score (nSPS) is 11.1. The molecule has 0 unspecified atom stereocenters. The largest absolute Gasteiger partial charge is 0.492 e. The molecule has 0 saturated heterocycles. The zero-order valence-electron chi connectivity index (χ0n) is 23.8. The Hall–Kier alpha value is -3.30. The molecule has 10 heteroatoms. The van der Waals surface area contributed by atoms with Gasteiger partial charge in [0.15, 0.2) is 0 Å². The SMILES string of the molecule is O=C(CCCCCCCCCCCCCCCCCCCCC(=O)On1c(O)ccc1O)On1c(O)ccc1O. The van der Waals surface area contributed by atoms with E-state index in [0.717, 1.165) is 48.0 Å². The van der Waals surface area contributed by atoms with E-state index in [1.807, 2.05) is 0 Å². The van der Waals surface area contributed by atoms with Gasteiger partial charge in [0, 0.05) is 37.1 Å². The number of carbonyl (C=O) groups is 2. The van der Waals surface area contributed by atoms with Crippen LogP contribution in [0, 0.1) is 0 Å². The van der Waals surface area contributed by atoms with Crippen LogP contribution in [0.25, 0.3) is 0 Å². The van der Waals surface area contributed by atoms with Gasteiger partial charge in [-0.05, 0) is 12.8 Å². The molecule has 10 nitrogen and oxygen atoms in total. The fraction of sp³-hybridized carbons (Fsp3) is 0.667. The van der Waals surface area contributed by atoms with Crippen LogP contribution in [-0.2, 0) is 9.59 Å². The number of unbranched alkanes of at least 4 members (excludes halogenated alkanes) is 17. The Labute approximate surface area is 237 Å². The van der Waals surface area contributed by atoms with Crippen molar-refractivity contribution in [2.45, 2.75) is 128 Å². The Morgan fingerprint density at radius 3 is 0.850 bits per heavy atom. The summed E-state index contributed by atoms with van der Waals surface area (Å²) in [5.74, 6) is -2.13. The number of nitrogens with zero attached hydrogens (tertiary/aromatic N) is 2. The molecule has 4 N–H and O–H groups in total. The highest BCUT2D eigenvalue weighted by molar-refractivity contribution is 5.70. The standard InChI is InChI=1S/C30H48N2O8/c33-25-21-22-26(34)31(25)39-29(37)19-17-15-13-11-9-7-5-3-1-2-4-6-8-10-12-14-16-18-20-30(38)40-32-27(35)23-24-28(32)36/h21-24,33-36H,1-20H2. The van der Waals surface area contributed by atoms with Crippen molar-refractivity contribution in [1.82, 2.24) is 9.46 Å². The van der Waals surface area contributed by atoms with Crippen LogP contribution in [0.1, 0.15) is 128 Å². The van der Waals surface area contributed by atoms with E-state index in [0.29, 0.717) is 0 Å². The van der Waals surface area contributed by atoms with E-state index in [2.05, 4.69) is 0 Å². The quantitative estimate of drug-likeness (QED) is 0.112. The van der Waals surface area contributed by atoms with Crippen LogP contribution in [0.15, 0.2) is 24.3 Å². The molecule has 0 atom stereocenters. The van der Waals surface area contributed by atoms with Crippen molar-refractivity contribution < 1.29 is 39.7 Å². The van der Waals surface area contributed by atoms with Gasteiger partial charge in [0.05, 0.1) is 0 Å². The van der Waals surface area contributed by atoms with E-state index in [1.165, 1.54) is 101 Å². The summed E-state index contributed by atoms with van der Waals surface area (Å²) in [4.78, 5) is 33.4. The Morgan fingerprint density at radius 2 is 0.625 bits per heavy atom. The van der Waals surface area contributed by atoms with Crippen LogP contribution in [-0.4, -0.2) is 41.8 Å². The topological polar surface area (TPSA) is 143 Å². The van der Waals surface area contributed by atoms with Gasteiger partial charge in [0.25, 0.3) is 0 Å². The maximum Gasteiger partial charge on any atom is 0.333 e. The van der Waals surface area contributed by atoms with Crippen molar-refractivity contribution in [3.63, 3.8) is 0 Å². The van der Waals surface area contributed by atoms with E-state index in [9.17, 15) is 30.0 Å². The summed E-state index contributed by atoms with van der Waals surface area (Å²) < 4.78 is 1.46. The highest BCUT2D eigenvalue weighted by Crippen LogP contribution is 2.20. The zero-order valence-corrected chi connectivity index (χ0v) is 23.8. The lowest BCUT2D eigenvalue weighted by Gasteiger charge is -2.07. The van der Waals surface area contributed by atoms with Gasteiger partial charge in [-0.2, -0.15) is 0 Å². The first-order chi connectivity index (χ1) is 19.4. The first-order valence-electron chi connectivity index (χ1n) is 15.0. The van der Waals surface area contributed by atoms with Crippen molar-refractivity contribution in [3.8, 4) is 23.5 Å². The summed E-state index contributed by atoms with van der Waals surface area (Å²) in [6, 6.07) is 5.04. The number of rotatable bonds is 23. The highest BCUT2D eigenvalue weighted by atomic mass is 16.7. The molecule has 0 amide bonds. The van der Waals surface area contributed by atoms with Gasteiger partial charge in [0.2, 0.25) is 23.5 Å². The molecule has 2 rings (SSSR count). The fourth-order valence-corrected chi connectivity index (χ4v) is 4.65. The molecule has 0 bridgehead atoms. The minimum atomic E-state index is -0.464. The Balaban J connectivity index is 1.26. The van der Waals surface area contributed by atoms with Gasteiger partial charge in [0.1, 0.15) is 0 Å². The summed E-state index contributed by atoms with van der Waals surface area (Å²) in [5, 5.41) is 37.9. The van der Waals surface area contributed by atoms with Crippen LogP contribution in [0.5, 0.6) is 23.5 Å². The molecule has 0 fully saturated rings. The van der Waals surface area contributed by atoms with Crippen molar-refractivity contribution in [2.24, 2.45) is 0 Å². The van der Waals surface area contributed by atoms with Crippen LogP contribution >= 0.6 is 0 Å². The van der Waals surface area contributed by atoms with Gasteiger partial charge in [-0.25, -0.2) is 9.59 Å². The minimum Gasteiger partial charge on any atom is -0.492 e. The van der Waals surface area contributed by atoms with E-state index >= 15 is 0 Å². The van der Waals surface area contributed by atoms with Gasteiger partial charge in [-0.15, -0.1) is 9.46 Å². The Kier molecular flexibility index (Phi) is 16.2. The highest BCUT2D eigenvalue weighted by Gasteiger charge is 2.12. The van der Waals surface area contributed by atoms with Gasteiger partial charge < -0.3 is 30.1 Å². The van der Waals surface area contributed by atoms with Gasteiger partial charge in [-0.1, -0.05) is 103 Å². The third kappa shape index (κ3) is 13.7. The first kappa shape index (κ1) is 32.9. The van der Waals surface area contributed by atoms with Gasteiger partial charge in [-0.3, -0.25) is 0 Å². The third-order valence-corrected chi connectivity index (χ3v) is 6.99. The molecule has 0 spiro atoms. The summed E-state index contributed by atoms with van der Waals surface area (Å²) in [6.45, 7) is 0. The van der Waals surface area contributed by atoms with E-state index < -0.39 is 11.9 Å². The number of aromatic nitrogens is 2. The molecule has 0 aromatic carbocycles. The Bertz CT molecular complexity index is 867. The van der Waals surface area contributed by atoms with Crippen molar-refractivity contribution in [2.75, 3.05) is 0 Å². The summed E-state index contributed by atoms with van der Waals surface area (Å²) >= 11 is 0. The maximum atomic E-state index is 11.8. The van der Waals surface area contributed by atoms with E-state index in [-0.39, 0.29) is 36.4 Å². The molecular formula is C30H48N2O8. The molecule has 0 saturated carbocycles. The second-order valence-corrected chi connectivity index (χ2v) is 10.5. The first-order valence-corrected chi connectivity index (χ1v) is 15.0. The molecule has 40 heavy (non-hydrogen) atoms. The second-order valence-electron chi connectivity index (χ2n) is 10.5. The average molecular weight is 565 g/mol. The number of aromatic hydroxyl groups is 4.